The molecule has 2 aromatic carbocycles. The fourth-order valence-electron chi connectivity index (χ4n) is 2.50. The predicted molar refractivity (Wildman–Crippen MR) is 91.0 cm³/mol. The Kier molecular flexibility index (Phi) is 5.48. The van der Waals surface area contributed by atoms with Gasteiger partial charge in [-0.3, -0.25) is 0 Å². The van der Waals surface area contributed by atoms with Gasteiger partial charge in [-0.15, -0.1) is 0 Å². The molecule has 1 heterocycles. The van der Waals surface area contributed by atoms with Gasteiger partial charge in [-0.1, -0.05) is 46.3 Å². The average molecular weight is 362 g/mol. The Balaban J connectivity index is 1.59. The highest BCUT2D eigenvalue weighted by molar-refractivity contribution is 9.10. The molecule has 0 amide bonds. The van der Waals surface area contributed by atoms with Gasteiger partial charge in [0.1, 0.15) is 12.4 Å². The van der Waals surface area contributed by atoms with Gasteiger partial charge >= 0.3 is 0 Å². The number of rotatable bonds is 6. The van der Waals surface area contributed by atoms with Gasteiger partial charge in [0.15, 0.2) is 0 Å². The van der Waals surface area contributed by atoms with Gasteiger partial charge in [-0.25, -0.2) is 0 Å². The number of halogens is 1. The summed E-state index contributed by atoms with van der Waals surface area (Å²) in [6, 6.07) is 16.9. The zero-order valence-electron chi connectivity index (χ0n) is 12.4. The maximum atomic E-state index is 5.90. The van der Waals surface area contributed by atoms with Gasteiger partial charge in [-0.2, -0.15) is 0 Å². The highest BCUT2D eigenvalue weighted by Gasteiger charge is 2.14. The molecular formula is C18H20BrNO2. The fraction of sp³-hybridized carbons (Fsp3) is 0.333. The van der Waals surface area contributed by atoms with Gasteiger partial charge in [0.05, 0.1) is 6.61 Å². The van der Waals surface area contributed by atoms with Crippen LogP contribution in [0.2, 0.25) is 0 Å². The second-order valence-electron chi connectivity index (χ2n) is 5.51. The van der Waals surface area contributed by atoms with E-state index in [1.165, 1.54) is 11.1 Å². The van der Waals surface area contributed by atoms with Gasteiger partial charge in [-0.05, 0) is 35.7 Å². The lowest BCUT2D eigenvalue weighted by atomic mass is 10.2. The number of hydrogen-bond acceptors (Lipinski definition) is 3. The summed E-state index contributed by atoms with van der Waals surface area (Å²) >= 11 is 3.56. The van der Waals surface area contributed by atoms with Crippen LogP contribution in [0.25, 0.3) is 0 Å². The topological polar surface area (TPSA) is 30.5 Å². The summed E-state index contributed by atoms with van der Waals surface area (Å²) in [4.78, 5) is 0. The molecule has 3 nitrogen and oxygen atoms in total. The molecule has 4 heteroatoms. The molecule has 0 aromatic heterocycles. The third-order valence-electron chi connectivity index (χ3n) is 3.70. The van der Waals surface area contributed by atoms with Crippen LogP contribution in [-0.4, -0.2) is 19.3 Å². The first-order chi connectivity index (χ1) is 10.8. The SMILES string of the molecule is Brc1cc(CNC2CCOC2)cc(OCc2ccccc2)c1. The molecule has 1 N–H and O–H groups in total. The maximum absolute atomic E-state index is 5.90. The molecule has 1 saturated heterocycles. The summed E-state index contributed by atoms with van der Waals surface area (Å²) in [7, 11) is 0. The van der Waals surface area contributed by atoms with Crippen LogP contribution in [0.1, 0.15) is 17.5 Å². The van der Waals surface area contributed by atoms with Crippen molar-refractivity contribution >= 4 is 15.9 Å². The molecule has 0 aliphatic carbocycles. The third-order valence-corrected chi connectivity index (χ3v) is 4.16. The van der Waals surface area contributed by atoms with Crippen molar-refractivity contribution in [3.05, 3.63) is 64.1 Å². The van der Waals surface area contributed by atoms with Crippen LogP contribution >= 0.6 is 15.9 Å². The highest BCUT2D eigenvalue weighted by Crippen LogP contribution is 2.22. The van der Waals surface area contributed by atoms with E-state index in [-0.39, 0.29) is 0 Å². The first kappa shape index (κ1) is 15.5. The molecule has 22 heavy (non-hydrogen) atoms. The van der Waals surface area contributed by atoms with Crippen LogP contribution in [0.5, 0.6) is 5.75 Å². The lowest BCUT2D eigenvalue weighted by molar-refractivity contribution is 0.190. The van der Waals surface area contributed by atoms with Crippen molar-refractivity contribution in [3.8, 4) is 5.75 Å². The van der Waals surface area contributed by atoms with Crippen molar-refractivity contribution in [2.24, 2.45) is 0 Å². The standard InChI is InChI=1S/C18H20BrNO2/c19-16-8-15(11-20-17-6-7-21-13-17)9-18(10-16)22-12-14-4-2-1-3-5-14/h1-5,8-10,17,20H,6-7,11-13H2. The second kappa shape index (κ2) is 7.77. The molecule has 3 rings (SSSR count). The number of benzene rings is 2. The van der Waals surface area contributed by atoms with Crippen molar-refractivity contribution in [2.45, 2.75) is 25.6 Å². The van der Waals surface area contributed by atoms with Crippen molar-refractivity contribution in [1.82, 2.24) is 5.32 Å². The lowest BCUT2D eigenvalue weighted by Crippen LogP contribution is -2.28. The molecule has 2 aromatic rings. The Bertz CT molecular complexity index is 597. The third kappa shape index (κ3) is 4.57. The molecule has 1 aliphatic rings. The van der Waals surface area contributed by atoms with Gasteiger partial charge in [0.2, 0.25) is 0 Å². The van der Waals surface area contributed by atoms with Gasteiger partial charge < -0.3 is 14.8 Å². The van der Waals surface area contributed by atoms with Gasteiger partial charge in [0.25, 0.3) is 0 Å². The molecule has 1 unspecified atom stereocenters. The molecule has 0 bridgehead atoms. The van der Waals surface area contributed by atoms with E-state index in [0.717, 1.165) is 36.4 Å². The monoisotopic (exact) mass is 361 g/mol. The molecular weight excluding hydrogens is 342 g/mol. The molecule has 116 valence electrons. The van der Waals surface area contributed by atoms with Crippen molar-refractivity contribution in [1.29, 1.82) is 0 Å². The minimum absolute atomic E-state index is 0.465. The number of nitrogens with one attached hydrogen (secondary N) is 1. The lowest BCUT2D eigenvalue weighted by Gasteiger charge is -2.13. The fourth-order valence-corrected chi connectivity index (χ4v) is 3.02. The predicted octanol–water partition coefficient (Wildman–Crippen LogP) is 3.91. The summed E-state index contributed by atoms with van der Waals surface area (Å²) in [5.74, 6) is 0.887. The summed E-state index contributed by atoms with van der Waals surface area (Å²) in [6.07, 6.45) is 1.09. The quantitative estimate of drug-likeness (QED) is 0.845. The Morgan fingerprint density at radius 1 is 1.14 bits per heavy atom. The smallest absolute Gasteiger partial charge is 0.121 e. The molecule has 1 aliphatic heterocycles. The van der Waals surface area contributed by atoms with Crippen LogP contribution in [0.15, 0.2) is 53.0 Å². The van der Waals surface area contributed by atoms with Crippen LogP contribution in [0.4, 0.5) is 0 Å². The van der Waals surface area contributed by atoms with Crippen molar-refractivity contribution in [2.75, 3.05) is 13.2 Å². The maximum Gasteiger partial charge on any atom is 0.121 e. The van der Waals surface area contributed by atoms with E-state index in [1.807, 2.05) is 24.3 Å². The van der Waals surface area contributed by atoms with E-state index in [2.05, 4.69) is 45.5 Å². The van der Waals surface area contributed by atoms with Crippen molar-refractivity contribution < 1.29 is 9.47 Å². The summed E-state index contributed by atoms with van der Waals surface area (Å²) < 4.78 is 12.3. The Morgan fingerprint density at radius 3 is 2.77 bits per heavy atom. The molecule has 0 spiro atoms. The average Bonchev–Trinajstić information content (AvgIpc) is 3.05. The summed E-state index contributed by atoms with van der Waals surface area (Å²) in [6.45, 7) is 3.09. The largest absolute Gasteiger partial charge is 0.489 e. The first-order valence-corrected chi connectivity index (χ1v) is 8.36. The zero-order valence-corrected chi connectivity index (χ0v) is 14.0. The Morgan fingerprint density at radius 2 is 2.00 bits per heavy atom. The van der Waals surface area contributed by atoms with Crippen molar-refractivity contribution in [3.63, 3.8) is 0 Å². The highest BCUT2D eigenvalue weighted by atomic mass is 79.9. The van der Waals surface area contributed by atoms with E-state index in [9.17, 15) is 0 Å². The van der Waals surface area contributed by atoms with Gasteiger partial charge in [0, 0.05) is 23.7 Å². The molecule has 0 radical (unpaired) electrons. The van der Waals surface area contributed by atoms with E-state index in [1.54, 1.807) is 0 Å². The second-order valence-corrected chi connectivity index (χ2v) is 6.43. The van der Waals surface area contributed by atoms with E-state index in [0.29, 0.717) is 12.6 Å². The van der Waals surface area contributed by atoms with Crippen LogP contribution in [0.3, 0.4) is 0 Å². The van der Waals surface area contributed by atoms with Crippen LogP contribution in [-0.2, 0) is 17.9 Å². The Hall–Kier alpha value is -1.36. The summed E-state index contributed by atoms with van der Waals surface area (Å²) in [5.41, 5.74) is 2.38. The number of hydrogen-bond donors (Lipinski definition) is 1. The minimum Gasteiger partial charge on any atom is -0.489 e. The van der Waals surface area contributed by atoms with E-state index >= 15 is 0 Å². The molecule has 1 atom stereocenters. The number of ether oxygens (including phenoxy) is 2. The molecule has 1 fully saturated rings. The van der Waals surface area contributed by atoms with Crippen LogP contribution in [0, 0.1) is 0 Å². The minimum atomic E-state index is 0.465. The molecule has 0 saturated carbocycles. The normalized spacial score (nSPS) is 17.6. The van der Waals surface area contributed by atoms with Crippen LogP contribution < -0.4 is 10.1 Å². The Labute approximate surface area is 139 Å². The first-order valence-electron chi connectivity index (χ1n) is 7.57. The van der Waals surface area contributed by atoms with E-state index in [4.69, 9.17) is 9.47 Å². The summed E-state index contributed by atoms with van der Waals surface area (Å²) in [5, 5.41) is 3.52. The van der Waals surface area contributed by atoms with E-state index < -0.39 is 0 Å². The zero-order chi connectivity index (χ0) is 15.2.